The highest BCUT2D eigenvalue weighted by molar-refractivity contribution is 9.10. The Bertz CT molecular complexity index is 1570. The second-order valence-electron chi connectivity index (χ2n) is 8.55. The van der Waals surface area contributed by atoms with Crippen LogP contribution in [0.3, 0.4) is 0 Å². The van der Waals surface area contributed by atoms with Crippen LogP contribution in [0.1, 0.15) is 28.4 Å². The standard InChI is InChI=1S/C28H21BrN2O9/c1-2-37-23-11-16(10-20(29)24(23)38-13-15-3-5-17(6-4-15)27(34)35)9-19-25(32)30-28(36)31(26(19)33)18-7-8-21-22(12-18)40-14-39-21/h3-12H,2,13-14H2,1H3,(H,34,35)(H,30,32,36)/b19-9+. The molecule has 2 aliphatic rings. The molecule has 4 amide bonds. The van der Waals surface area contributed by atoms with Crippen molar-refractivity contribution in [3.05, 3.63) is 81.3 Å². The lowest BCUT2D eigenvalue weighted by molar-refractivity contribution is -0.122. The number of imide groups is 2. The van der Waals surface area contributed by atoms with Crippen LogP contribution in [0.15, 0.2) is 64.6 Å². The molecule has 0 saturated carbocycles. The van der Waals surface area contributed by atoms with Crippen molar-refractivity contribution >= 4 is 51.5 Å². The number of rotatable bonds is 8. The van der Waals surface area contributed by atoms with E-state index in [1.54, 1.807) is 37.3 Å². The molecule has 2 heterocycles. The van der Waals surface area contributed by atoms with Crippen molar-refractivity contribution in [1.29, 1.82) is 0 Å². The molecule has 1 saturated heterocycles. The van der Waals surface area contributed by atoms with E-state index in [0.717, 1.165) is 10.5 Å². The summed E-state index contributed by atoms with van der Waals surface area (Å²) < 4.78 is 22.8. The van der Waals surface area contributed by atoms with Crippen LogP contribution in [0.4, 0.5) is 10.5 Å². The maximum atomic E-state index is 13.3. The summed E-state index contributed by atoms with van der Waals surface area (Å²) in [4.78, 5) is 50.5. The molecule has 0 spiro atoms. The highest BCUT2D eigenvalue weighted by Crippen LogP contribution is 2.39. The number of carboxylic acid groups (broad SMARTS) is 1. The number of anilines is 1. The molecule has 1 fully saturated rings. The van der Waals surface area contributed by atoms with Crippen LogP contribution in [0.25, 0.3) is 6.08 Å². The molecular formula is C28H21BrN2O9. The number of barbiturate groups is 1. The Kier molecular flexibility index (Phi) is 7.43. The van der Waals surface area contributed by atoms with Crippen LogP contribution in [0.5, 0.6) is 23.0 Å². The summed E-state index contributed by atoms with van der Waals surface area (Å²) in [6.45, 7) is 2.26. The van der Waals surface area contributed by atoms with Gasteiger partial charge in [-0.3, -0.25) is 14.9 Å². The van der Waals surface area contributed by atoms with E-state index in [-0.39, 0.29) is 30.2 Å². The van der Waals surface area contributed by atoms with Crippen molar-refractivity contribution in [2.45, 2.75) is 13.5 Å². The van der Waals surface area contributed by atoms with E-state index in [9.17, 15) is 19.2 Å². The first-order chi connectivity index (χ1) is 19.2. The molecule has 204 valence electrons. The third-order valence-electron chi connectivity index (χ3n) is 5.94. The number of hydrogen-bond donors (Lipinski definition) is 2. The monoisotopic (exact) mass is 608 g/mol. The zero-order chi connectivity index (χ0) is 28.4. The number of hydrogen-bond acceptors (Lipinski definition) is 8. The molecule has 0 atom stereocenters. The SMILES string of the molecule is CCOc1cc(/C=C2\C(=O)NC(=O)N(c3ccc4c(c3)OCO4)C2=O)cc(Br)c1OCc1ccc(C(=O)O)cc1. The maximum Gasteiger partial charge on any atom is 0.335 e. The minimum atomic E-state index is -1.02. The zero-order valence-electron chi connectivity index (χ0n) is 20.9. The van der Waals surface area contributed by atoms with Gasteiger partial charge in [-0.15, -0.1) is 0 Å². The van der Waals surface area contributed by atoms with Crippen molar-refractivity contribution in [3.63, 3.8) is 0 Å². The zero-order valence-corrected chi connectivity index (χ0v) is 22.5. The summed E-state index contributed by atoms with van der Waals surface area (Å²) in [5, 5.41) is 11.3. The van der Waals surface area contributed by atoms with E-state index in [1.165, 1.54) is 30.3 Å². The molecule has 2 aliphatic heterocycles. The van der Waals surface area contributed by atoms with Gasteiger partial charge in [0, 0.05) is 6.07 Å². The largest absolute Gasteiger partial charge is 0.490 e. The normalized spacial score (nSPS) is 15.3. The second kappa shape index (κ2) is 11.1. The number of fused-ring (bicyclic) bond motifs is 1. The summed E-state index contributed by atoms with van der Waals surface area (Å²) in [6, 6.07) is 13.2. The van der Waals surface area contributed by atoms with E-state index in [1.807, 2.05) is 0 Å². The molecule has 0 unspecified atom stereocenters. The van der Waals surface area contributed by atoms with Crippen LogP contribution < -0.4 is 29.2 Å². The maximum absolute atomic E-state index is 13.3. The molecule has 3 aromatic carbocycles. The summed E-state index contributed by atoms with van der Waals surface area (Å²) in [5.41, 5.74) is 1.29. The van der Waals surface area contributed by atoms with Crippen molar-refractivity contribution < 1.29 is 43.2 Å². The van der Waals surface area contributed by atoms with Gasteiger partial charge in [0.1, 0.15) is 12.2 Å². The fraction of sp³-hybridized carbons (Fsp3) is 0.143. The predicted molar refractivity (Wildman–Crippen MR) is 145 cm³/mol. The van der Waals surface area contributed by atoms with Gasteiger partial charge in [0.25, 0.3) is 11.8 Å². The molecule has 0 radical (unpaired) electrons. The van der Waals surface area contributed by atoms with Gasteiger partial charge in [0.2, 0.25) is 6.79 Å². The van der Waals surface area contributed by atoms with Crippen molar-refractivity contribution in [2.24, 2.45) is 0 Å². The number of nitrogens with zero attached hydrogens (tertiary/aromatic N) is 1. The number of nitrogens with one attached hydrogen (secondary N) is 1. The van der Waals surface area contributed by atoms with Crippen LogP contribution in [0, 0.1) is 0 Å². The first-order valence-corrected chi connectivity index (χ1v) is 12.8. The fourth-order valence-electron chi connectivity index (χ4n) is 4.06. The molecule has 0 aliphatic carbocycles. The Morgan fingerprint density at radius 3 is 2.52 bits per heavy atom. The van der Waals surface area contributed by atoms with Gasteiger partial charge in [-0.25, -0.2) is 14.5 Å². The predicted octanol–water partition coefficient (Wildman–Crippen LogP) is 4.52. The van der Waals surface area contributed by atoms with Crippen LogP contribution in [-0.2, 0) is 16.2 Å². The lowest BCUT2D eigenvalue weighted by Crippen LogP contribution is -2.54. The Morgan fingerprint density at radius 2 is 1.80 bits per heavy atom. The lowest BCUT2D eigenvalue weighted by atomic mass is 10.1. The number of carboxylic acids is 1. The average Bonchev–Trinajstić information content (AvgIpc) is 3.39. The number of carbonyl (C=O) groups is 4. The molecule has 12 heteroatoms. The molecule has 2 N–H and O–H groups in total. The van der Waals surface area contributed by atoms with E-state index in [4.69, 9.17) is 24.1 Å². The topological polar surface area (TPSA) is 141 Å². The van der Waals surface area contributed by atoms with Gasteiger partial charge in [0.15, 0.2) is 23.0 Å². The minimum Gasteiger partial charge on any atom is -0.490 e. The van der Waals surface area contributed by atoms with Crippen LogP contribution >= 0.6 is 15.9 Å². The fourth-order valence-corrected chi connectivity index (χ4v) is 4.63. The highest BCUT2D eigenvalue weighted by Gasteiger charge is 2.37. The molecular weight excluding hydrogens is 588 g/mol. The van der Waals surface area contributed by atoms with Crippen molar-refractivity contribution in [3.8, 4) is 23.0 Å². The molecule has 40 heavy (non-hydrogen) atoms. The van der Waals surface area contributed by atoms with Gasteiger partial charge >= 0.3 is 12.0 Å². The summed E-state index contributed by atoms with van der Waals surface area (Å²) in [7, 11) is 0. The molecule has 3 aromatic rings. The van der Waals surface area contributed by atoms with Gasteiger partial charge in [0.05, 0.1) is 22.3 Å². The number of aromatic carboxylic acids is 1. The third kappa shape index (κ3) is 5.34. The molecule has 5 rings (SSSR count). The first-order valence-electron chi connectivity index (χ1n) is 12.0. The Balaban J connectivity index is 1.42. The van der Waals surface area contributed by atoms with Crippen molar-refractivity contribution in [2.75, 3.05) is 18.3 Å². The molecule has 0 aromatic heterocycles. The number of benzene rings is 3. The van der Waals surface area contributed by atoms with E-state index in [0.29, 0.717) is 39.6 Å². The van der Waals surface area contributed by atoms with Crippen LogP contribution in [0.2, 0.25) is 0 Å². The van der Waals surface area contributed by atoms with E-state index >= 15 is 0 Å². The van der Waals surface area contributed by atoms with Crippen molar-refractivity contribution in [1.82, 2.24) is 5.32 Å². The highest BCUT2D eigenvalue weighted by atomic mass is 79.9. The minimum absolute atomic E-state index is 0.0241. The van der Waals surface area contributed by atoms with Crippen LogP contribution in [-0.4, -0.2) is 42.3 Å². The quantitative estimate of drug-likeness (QED) is 0.279. The third-order valence-corrected chi connectivity index (χ3v) is 6.53. The summed E-state index contributed by atoms with van der Waals surface area (Å²) in [6.07, 6.45) is 1.35. The number of urea groups is 1. The van der Waals surface area contributed by atoms with Gasteiger partial charge in [-0.1, -0.05) is 12.1 Å². The Hall–Kier alpha value is -4.84. The second-order valence-corrected chi connectivity index (χ2v) is 9.40. The number of halogens is 1. The molecule has 0 bridgehead atoms. The number of ether oxygens (including phenoxy) is 4. The summed E-state index contributed by atoms with van der Waals surface area (Å²) in [5.74, 6) is -1.10. The summed E-state index contributed by atoms with van der Waals surface area (Å²) >= 11 is 3.47. The first kappa shape index (κ1) is 26.8. The Labute approximate surface area is 236 Å². The Morgan fingerprint density at radius 1 is 1.05 bits per heavy atom. The lowest BCUT2D eigenvalue weighted by Gasteiger charge is -2.26. The van der Waals surface area contributed by atoms with Gasteiger partial charge < -0.3 is 24.1 Å². The number of amides is 4. The number of carbonyl (C=O) groups excluding carboxylic acids is 3. The van der Waals surface area contributed by atoms with Gasteiger partial charge in [-0.05, 0) is 76.5 Å². The van der Waals surface area contributed by atoms with Gasteiger partial charge in [-0.2, -0.15) is 0 Å². The smallest absolute Gasteiger partial charge is 0.335 e. The van der Waals surface area contributed by atoms with E-state index < -0.39 is 23.8 Å². The average molecular weight is 609 g/mol. The van der Waals surface area contributed by atoms with E-state index in [2.05, 4.69) is 21.2 Å². The molecule has 11 nitrogen and oxygen atoms in total.